The minimum Gasteiger partial charge on any atom is -0.299 e. The van der Waals surface area contributed by atoms with Crippen molar-refractivity contribution in [1.29, 1.82) is 0 Å². The number of hydrogen-bond donors (Lipinski definition) is 0. The van der Waals surface area contributed by atoms with Gasteiger partial charge in [0, 0.05) is 18.9 Å². The summed E-state index contributed by atoms with van der Waals surface area (Å²) in [6, 6.07) is 8.13. The Morgan fingerprint density at radius 1 is 1.35 bits per heavy atom. The molecule has 3 rings (SSSR count). The molecule has 0 bridgehead atoms. The van der Waals surface area contributed by atoms with Crippen molar-refractivity contribution in [2.75, 3.05) is 11.5 Å². The second kappa shape index (κ2) is 6.00. The summed E-state index contributed by atoms with van der Waals surface area (Å²) in [5.41, 5.74) is 2.03. The number of carbonyl (C=O) groups excluding carboxylic acids is 1. The summed E-state index contributed by atoms with van der Waals surface area (Å²) >= 11 is 2.01. The minimum absolute atomic E-state index is 0.339. The van der Waals surface area contributed by atoms with E-state index in [2.05, 4.69) is 17.2 Å². The molecular weight excluding hydrogens is 268 g/mol. The number of Topliss-reactive ketones (excluding diaryl/α,β-unsaturated/α-hetero) is 1. The molecule has 0 aliphatic carbocycles. The summed E-state index contributed by atoms with van der Waals surface area (Å²) in [5, 5.41) is 5.63. The number of aryl methyl sites for hydroxylation is 1. The molecule has 2 heterocycles. The molecule has 0 spiro atoms. The van der Waals surface area contributed by atoms with Crippen molar-refractivity contribution in [3.05, 3.63) is 30.0 Å². The number of para-hydroxylation sites is 1. The number of ketones is 1. The molecule has 1 aromatic heterocycles. The molecule has 3 nitrogen and oxygen atoms in total. The molecule has 4 heteroatoms. The van der Waals surface area contributed by atoms with Crippen LogP contribution in [0.3, 0.4) is 0 Å². The van der Waals surface area contributed by atoms with Crippen LogP contribution in [0.15, 0.2) is 24.3 Å². The number of thioether (sulfide) groups is 1. The van der Waals surface area contributed by atoms with Gasteiger partial charge in [-0.2, -0.15) is 16.9 Å². The van der Waals surface area contributed by atoms with E-state index in [4.69, 9.17) is 0 Å². The van der Waals surface area contributed by atoms with E-state index in [0.29, 0.717) is 18.1 Å². The fraction of sp³-hybridized carbons (Fsp3) is 0.500. The number of carbonyl (C=O) groups is 1. The highest BCUT2D eigenvalue weighted by atomic mass is 32.2. The molecule has 0 saturated carbocycles. The van der Waals surface area contributed by atoms with Crippen molar-refractivity contribution in [3.63, 3.8) is 0 Å². The number of fused-ring (bicyclic) bond motifs is 1. The van der Waals surface area contributed by atoms with Crippen LogP contribution < -0.4 is 0 Å². The van der Waals surface area contributed by atoms with Crippen LogP contribution in [0, 0.1) is 5.92 Å². The monoisotopic (exact) mass is 288 g/mol. The van der Waals surface area contributed by atoms with Crippen molar-refractivity contribution in [3.8, 4) is 0 Å². The van der Waals surface area contributed by atoms with Gasteiger partial charge in [-0.15, -0.1) is 0 Å². The molecule has 1 aliphatic heterocycles. The van der Waals surface area contributed by atoms with Gasteiger partial charge in [0.05, 0.1) is 17.6 Å². The smallest absolute Gasteiger partial charge is 0.139 e. The third-order valence-corrected chi connectivity index (χ3v) is 5.10. The van der Waals surface area contributed by atoms with Crippen LogP contribution in [0.5, 0.6) is 0 Å². The number of nitrogens with zero attached hydrogens (tertiary/aromatic N) is 2. The van der Waals surface area contributed by atoms with E-state index in [0.717, 1.165) is 23.0 Å². The molecule has 1 aliphatic rings. The van der Waals surface area contributed by atoms with Crippen molar-refractivity contribution >= 4 is 28.4 Å². The molecule has 0 N–H and O–H groups in total. The molecule has 2 aromatic rings. The maximum absolute atomic E-state index is 12.3. The quantitative estimate of drug-likeness (QED) is 0.866. The standard InChI is InChI=1S/C16H20N2OS/c1-18-16-5-3-2-4-14(16)15(17-18)11-13(19)10-12-6-8-20-9-7-12/h2-5,12H,6-11H2,1H3. The lowest BCUT2D eigenvalue weighted by molar-refractivity contribution is -0.119. The maximum atomic E-state index is 12.3. The Balaban J connectivity index is 1.71. The van der Waals surface area contributed by atoms with Crippen LogP contribution in [0.25, 0.3) is 10.9 Å². The van der Waals surface area contributed by atoms with E-state index in [1.54, 1.807) is 0 Å². The Bertz CT molecular complexity index is 614. The van der Waals surface area contributed by atoms with Gasteiger partial charge in [-0.1, -0.05) is 18.2 Å². The van der Waals surface area contributed by atoms with Gasteiger partial charge in [-0.05, 0) is 36.3 Å². The summed E-state index contributed by atoms with van der Waals surface area (Å²) in [6.45, 7) is 0. The molecule has 1 aromatic carbocycles. The van der Waals surface area contributed by atoms with Crippen molar-refractivity contribution in [1.82, 2.24) is 9.78 Å². The Labute approximate surface area is 123 Å². The molecule has 0 amide bonds. The maximum Gasteiger partial charge on any atom is 0.139 e. The molecule has 106 valence electrons. The first-order valence-corrected chi connectivity index (χ1v) is 8.39. The first kappa shape index (κ1) is 13.7. The van der Waals surface area contributed by atoms with Gasteiger partial charge in [-0.3, -0.25) is 9.48 Å². The van der Waals surface area contributed by atoms with Crippen LogP contribution in [-0.2, 0) is 18.3 Å². The largest absolute Gasteiger partial charge is 0.299 e. The average Bonchev–Trinajstić information content (AvgIpc) is 2.77. The predicted octanol–water partition coefficient (Wildman–Crippen LogP) is 3.22. The zero-order valence-corrected chi connectivity index (χ0v) is 12.7. The molecule has 0 radical (unpaired) electrons. The van der Waals surface area contributed by atoms with Crippen molar-refractivity contribution in [2.45, 2.75) is 25.7 Å². The van der Waals surface area contributed by atoms with Gasteiger partial charge < -0.3 is 0 Å². The van der Waals surface area contributed by atoms with Gasteiger partial charge in [0.2, 0.25) is 0 Å². The second-order valence-corrected chi connectivity index (χ2v) is 6.79. The summed E-state index contributed by atoms with van der Waals surface area (Å²) in [6.07, 6.45) is 3.59. The number of benzene rings is 1. The highest BCUT2D eigenvalue weighted by molar-refractivity contribution is 7.99. The highest BCUT2D eigenvalue weighted by Gasteiger charge is 2.19. The molecule has 1 saturated heterocycles. The second-order valence-electron chi connectivity index (χ2n) is 5.56. The van der Waals surface area contributed by atoms with Crippen LogP contribution >= 0.6 is 11.8 Å². The van der Waals surface area contributed by atoms with Gasteiger partial charge in [-0.25, -0.2) is 0 Å². The van der Waals surface area contributed by atoms with Crippen LogP contribution in [-0.4, -0.2) is 27.1 Å². The topological polar surface area (TPSA) is 34.9 Å². The Morgan fingerprint density at radius 3 is 2.90 bits per heavy atom. The lowest BCUT2D eigenvalue weighted by atomic mass is 9.94. The van der Waals surface area contributed by atoms with E-state index in [-0.39, 0.29) is 0 Å². The van der Waals surface area contributed by atoms with Crippen LogP contribution in [0.2, 0.25) is 0 Å². The Kier molecular flexibility index (Phi) is 4.10. The van der Waals surface area contributed by atoms with E-state index >= 15 is 0 Å². The third-order valence-electron chi connectivity index (χ3n) is 4.06. The summed E-state index contributed by atoms with van der Waals surface area (Å²) in [5.74, 6) is 3.36. The fourth-order valence-corrected chi connectivity index (χ4v) is 4.15. The lowest BCUT2D eigenvalue weighted by Crippen LogP contribution is -2.16. The van der Waals surface area contributed by atoms with Gasteiger partial charge in [0.25, 0.3) is 0 Å². The van der Waals surface area contributed by atoms with E-state index in [1.165, 1.54) is 24.3 Å². The normalized spacial score (nSPS) is 16.6. The summed E-state index contributed by atoms with van der Waals surface area (Å²) < 4.78 is 1.87. The summed E-state index contributed by atoms with van der Waals surface area (Å²) in [4.78, 5) is 12.3. The number of hydrogen-bond acceptors (Lipinski definition) is 3. The average molecular weight is 288 g/mol. The third kappa shape index (κ3) is 2.90. The Hall–Kier alpha value is -1.29. The van der Waals surface area contributed by atoms with Crippen LogP contribution in [0.4, 0.5) is 0 Å². The number of rotatable bonds is 4. The molecule has 0 unspecified atom stereocenters. The summed E-state index contributed by atoms with van der Waals surface area (Å²) in [7, 11) is 1.94. The van der Waals surface area contributed by atoms with Crippen molar-refractivity contribution < 1.29 is 4.79 Å². The Morgan fingerprint density at radius 2 is 2.10 bits per heavy atom. The fourth-order valence-electron chi connectivity index (χ4n) is 2.95. The van der Waals surface area contributed by atoms with Gasteiger partial charge >= 0.3 is 0 Å². The predicted molar refractivity (Wildman–Crippen MR) is 84.1 cm³/mol. The molecule has 0 atom stereocenters. The minimum atomic E-state index is 0.339. The highest BCUT2D eigenvalue weighted by Crippen LogP contribution is 2.26. The van der Waals surface area contributed by atoms with Crippen molar-refractivity contribution in [2.24, 2.45) is 13.0 Å². The lowest BCUT2D eigenvalue weighted by Gasteiger charge is -2.20. The van der Waals surface area contributed by atoms with E-state index < -0.39 is 0 Å². The first-order chi connectivity index (χ1) is 9.74. The van der Waals surface area contributed by atoms with Gasteiger partial charge in [0.15, 0.2) is 0 Å². The van der Waals surface area contributed by atoms with Gasteiger partial charge in [0.1, 0.15) is 5.78 Å². The SMILES string of the molecule is Cn1nc(CC(=O)CC2CCSCC2)c2ccccc21. The van der Waals surface area contributed by atoms with E-state index in [1.807, 2.05) is 35.6 Å². The molecule has 20 heavy (non-hydrogen) atoms. The molecular formula is C16H20N2OS. The van der Waals surface area contributed by atoms with E-state index in [9.17, 15) is 4.79 Å². The molecule has 1 fully saturated rings. The van der Waals surface area contributed by atoms with Crippen LogP contribution in [0.1, 0.15) is 25.0 Å². The first-order valence-electron chi connectivity index (χ1n) is 7.24. The zero-order valence-electron chi connectivity index (χ0n) is 11.8. The zero-order chi connectivity index (χ0) is 13.9. The number of aromatic nitrogens is 2.